The van der Waals surface area contributed by atoms with Crippen molar-refractivity contribution in [1.82, 2.24) is 0 Å². The summed E-state index contributed by atoms with van der Waals surface area (Å²) in [6, 6.07) is 105. The normalized spacial score (nSPS) is 11.8. The lowest BCUT2D eigenvalue weighted by molar-refractivity contribution is 0.669. The first kappa shape index (κ1) is 48.4. The molecule has 392 valence electrons. The average molecular weight is 1110 g/mol. The number of hydrogen-bond donors (Lipinski definition) is 0. The maximum Gasteiger partial charge on any atom is 0.143 e. The number of fused-ring (bicyclic) bond motifs is 14. The van der Waals surface area contributed by atoms with Crippen molar-refractivity contribution in [2.45, 2.75) is 0 Å². The fraction of sp³-hybridized carbons (Fsp3) is 0. The number of rotatable bonds is 6. The Morgan fingerprint density at radius 1 is 0.190 bits per heavy atom. The fourth-order valence-corrected chi connectivity index (χ4v) is 14.8. The van der Waals surface area contributed by atoms with E-state index in [1.165, 1.54) is 106 Å². The van der Waals surface area contributed by atoms with E-state index in [0.29, 0.717) is 0 Å². The minimum atomic E-state index is 0.917. The van der Waals surface area contributed by atoms with Gasteiger partial charge in [0.1, 0.15) is 22.3 Å². The van der Waals surface area contributed by atoms with Crippen LogP contribution in [0, 0.1) is 0 Å². The zero-order valence-electron chi connectivity index (χ0n) is 45.3. The van der Waals surface area contributed by atoms with Gasteiger partial charge < -0.3 is 8.83 Å². The van der Waals surface area contributed by atoms with E-state index in [1.807, 2.05) is 46.9 Å². The number of hydrogen-bond acceptors (Lipinski definition) is 4. The number of para-hydroxylation sites is 4. The molecule has 0 amide bonds. The van der Waals surface area contributed by atoms with Crippen LogP contribution in [0.4, 0.5) is 0 Å². The average Bonchev–Trinajstić information content (AvgIpc) is 4.00. The van der Waals surface area contributed by atoms with E-state index in [4.69, 9.17) is 8.83 Å². The molecular weight excluding hydrogens is 1060 g/mol. The van der Waals surface area contributed by atoms with E-state index in [0.717, 1.165) is 66.1 Å². The Labute approximate surface area is 492 Å². The SMILES string of the molecule is c1cc(-c2ccc3sc4ccc(-c5cccc(-c6cccc7c6oc6ccccc67)c5)cc4c3c2)cc(-c2cccc3c2oc2ccccc23)c1.c1ccc2cc(-c3ccc4sc5ccc(-c6ccc7ccccc7c6)cc5c4c3)ccc2c1. The third-order valence-electron chi connectivity index (χ3n) is 16.9. The number of thiophene rings is 2. The van der Waals surface area contributed by atoms with E-state index in [-0.39, 0.29) is 0 Å². The Balaban J connectivity index is 0.000000145. The van der Waals surface area contributed by atoms with Gasteiger partial charge in [-0.3, -0.25) is 0 Å². The lowest BCUT2D eigenvalue weighted by Gasteiger charge is -2.08. The van der Waals surface area contributed by atoms with Gasteiger partial charge in [-0.25, -0.2) is 0 Å². The van der Waals surface area contributed by atoms with Gasteiger partial charge in [-0.15, -0.1) is 22.7 Å². The molecule has 0 aliphatic carbocycles. The van der Waals surface area contributed by atoms with Crippen molar-refractivity contribution >= 4 is 128 Å². The van der Waals surface area contributed by atoms with E-state index < -0.39 is 0 Å². The molecule has 0 aliphatic heterocycles. The molecule has 0 saturated heterocycles. The van der Waals surface area contributed by atoms with Crippen LogP contribution in [0.2, 0.25) is 0 Å². The Hall–Kier alpha value is -10.4. The summed E-state index contributed by atoms with van der Waals surface area (Å²) in [5, 5.41) is 14.9. The Morgan fingerprint density at radius 2 is 0.500 bits per heavy atom. The van der Waals surface area contributed by atoms with Crippen LogP contribution in [0.25, 0.3) is 173 Å². The molecule has 0 N–H and O–H groups in total. The van der Waals surface area contributed by atoms with Crippen LogP contribution in [-0.4, -0.2) is 0 Å². The van der Waals surface area contributed by atoms with Crippen LogP contribution >= 0.6 is 22.7 Å². The molecule has 0 unspecified atom stereocenters. The summed E-state index contributed by atoms with van der Waals surface area (Å²) in [7, 11) is 0. The molecule has 0 atom stereocenters. The maximum absolute atomic E-state index is 6.39. The Bertz CT molecular complexity index is 5310. The van der Waals surface area contributed by atoms with Gasteiger partial charge in [0, 0.05) is 73.0 Å². The van der Waals surface area contributed by atoms with Gasteiger partial charge in [-0.1, -0.05) is 206 Å². The zero-order valence-corrected chi connectivity index (χ0v) is 47.0. The molecule has 0 radical (unpaired) electrons. The van der Waals surface area contributed by atoms with Crippen molar-refractivity contribution in [2.75, 3.05) is 0 Å². The van der Waals surface area contributed by atoms with E-state index >= 15 is 0 Å². The van der Waals surface area contributed by atoms with E-state index in [1.54, 1.807) is 0 Å². The van der Waals surface area contributed by atoms with Gasteiger partial charge in [0.15, 0.2) is 0 Å². The Kier molecular flexibility index (Phi) is 11.3. The molecule has 4 heterocycles. The van der Waals surface area contributed by atoms with Crippen LogP contribution < -0.4 is 0 Å². The summed E-state index contributed by atoms with van der Waals surface area (Å²) < 4.78 is 18.0. The highest BCUT2D eigenvalue weighted by atomic mass is 32.1. The van der Waals surface area contributed by atoms with Crippen molar-refractivity contribution < 1.29 is 8.83 Å². The molecule has 0 spiro atoms. The summed E-state index contributed by atoms with van der Waals surface area (Å²) in [5.41, 5.74) is 18.0. The van der Waals surface area contributed by atoms with Crippen LogP contribution in [0.5, 0.6) is 0 Å². The molecule has 2 nitrogen and oxygen atoms in total. The van der Waals surface area contributed by atoms with Gasteiger partial charge in [0.25, 0.3) is 0 Å². The second-order valence-corrected chi connectivity index (χ2v) is 24.1. The summed E-state index contributed by atoms with van der Waals surface area (Å²) in [6.45, 7) is 0. The molecule has 0 fully saturated rings. The summed E-state index contributed by atoms with van der Waals surface area (Å²) in [4.78, 5) is 0. The summed E-state index contributed by atoms with van der Waals surface area (Å²) in [5.74, 6) is 0. The van der Waals surface area contributed by atoms with Gasteiger partial charge in [-0.2, -0.15) is 0 Å². The molecular formula is C80H48O2S2. The van der Waals surface area contributed by atoms with E-state index in [2.05, 4.69) is 267 Å². The van der Waals surface area contributed by atoms with Crippen molar-refractivity contribution in [3.05, 3.63) is 291 Å². The van der Waals surface area contributed by atoms with Crippen LogP contribution in [-0.2, 0) is 0 Å². The van der Waals surface area contributed by atoms with Crippen LogP contribution in [0.15, 0.2) is 300 Å². The van der Waals surface area contributed by atoms with Crippen molar-refractivity contribution in [3.8, 4) is 66.8 Å². The first-order valence-electron chi connectivity index (χ1n) is 28.5. The lowest BCUT2D eigenvalue weighted by atomic mass is 9.95. The quantitative estimate of drug-likeness (QED) is 0.166. The minimum Gasteiger partial charge on any atom is -0.455 e. The third-order valence-corrected chi connectivity index (χ3v) is 19.2. The topological polar surface area (TPSA) is 26.3 Å². The van der Waals surface area contributed by atoms with Crippen molar-refractivity contribution in [2.24, 2.45) is 0 Å². The molecule has 0 aliphatic rings. The van der Waals surface area contributed by atoms with Crippen molar-refractivity contribution in [3.63, 3.8) is 0 Å². The highest BCUT2D eigenvalue weighted by molar-refractivity contribution is 7.26. The molecule has 4 heteroatoms. The smallest absolute Gasteiger partial charge is 0.143 e. The molecule has 0 bridgehead atoms. The van der Waals surface area contributed by atoms with E-state index in [9.17, 15) is 0 Å². The molecule has 0 saturated carbocycles. The predicted octanol–water partition coefficient (Wildman–Crippen LogP) is 24.2. The molecule has 18 aromatic rings. The zero-order chi connectivity index (χ0) is 55.2. The van der Waals surface area contributed by atoms with Crippen LogP contribution in [0.1, 0.15) is 0 Å². The predicted molar refractivity (Wildman–Crippen MR) is 361 cm³/mol. The largest absolute Gasteiger partial charge is 0.455 e. The highest BCUT2D eigenvalue weighted by Crippen LogP contribution is 2.44. The second-order valence-electron chi connectivity index (χ2n) is 21.9. The maximum atomic E-state index is 6.39. The van der Waals surface area contributed by atoms with Gasteiger partial charge in [0.2, 0.25) is 0 Å². The fourth-order valence-electron chi connectivity index (χ4n) is 12.7. The summed E-state index contributed by atoms with van der Waals surface area (Å²) >= 11 is 3.73. The van der Waals surface area contributed by atoms with Crippen molar-refractivity contribution in [1.29, 1.82) is 0 Å². The van der Waals surface area contributed by atoms with Gasteiger partial charge in [0.05, 0.1) is 0 Å². The Morgan fingerprint density at radius 3 is 0.917 bits per heavy atom. The van der Waals surface area contributed by atoms with Gasteiger partial charge >= 0.3 is 0 Å². The standard InChI is InChI=1S/C48H28O2S.C32H20S/c1-3-19-43-37(13-1)39-17-7-15-35(47(39)49-43)33-11-5-9-29(25-33)31-21-23-45-41(27-31)42-28-32(22-24-46(42)51-45)30-10-6-12-34(26-30)36-16-8-18-40-38-14-2-4-20-44(38)50-48(36)40;1-3-7-23-17-25(11-9-21(23)5-1)27-13-15-31-29(19-27)30-20-28(14-16-32(30)33-31)26-12-10-22-6-2-4-8-24(22)18-26/h1-28H;1-20H. The van der Waals surface area contributed by atoms with Crippen LogP contribution in [0.3, 0.4) is 0 Å². The second kappa shape index (κ2) is 19.7. The first-order valence-corrected chi connectivity index (χ1v) is 30.1. The first-order chi connectivity index (χ1) is 41.6. The molecule has 84 heavy (non-hydrogen) atoms. The molecule has 18 rings (SSSR count). The summed E-state index contributed by atoms with van der Waals surface area (Å²) in [6.07, 6.45) is 0. The highest BCUT2D eigenvalue weighted by Gasteiger charge is 2.17. The molecule has 4 aromatic heterocycles. The minimum absolute atomic E-state index is 0.917. The number of furan rings is 2. The van der Waals surface area contributed by atoms with Gasteiger partial charge in [-0.05, 0) is 162 Å². The monoisotopic (exact) mass is 1100 g/mol. The number of benzene rings is 14. The third kappa shape index (κ3) is 8.29. The molecule has 14 aromatic carbocycles. The lowest BCUT2D eigenvalue weighted by Crippen LogP contribution is -1.83.